The molecular weight excluding hydrogens is 252 g/mol. The molecule has 0 aliphatic carbocycles. The lowest BCUT2D eigenvalue weighted by molar-refractivity contribution is -0.121. The average Bonchev–Trinajstić information content (AvgIpc) is 2.80. The molecule has 0 saturated heterocycles. The number of anilines is 1. The average molecular weight is 276 g/mol. The Bertz CT molecular complexity index is 471. The smallest absolute Gasteiger partial charge is 0.220 e. The number of nitrogens with one attached hydrogen (secondary N) is 2. The van der Waals surface area contributed by atoms with E-state index in [-0.39, 0.29) is 23.8 Å². The van der Waals surface area contributed by atoms with Gasteiger partial charge in [0.1, 0.15) is 0 Å². The molecule has 1 heterocycles. The highest BCUT2D eigenvalue weighted by Crippen LogP contribution is 2.33. The Hall–Kier alpha value is -1.55. The van der Waals surface area contributed by atoms with Crippen LogP contribution in [0, 0.1) is 5.41 Å². The number of hydrogen-bond donors (Lipinski definition) is 3. The van der Waals surface area contributed by atoms with Gasteiger partial charge in [0, 0.05) is 37.7 Å². The van der Waals surface area contributed by atoms with Gasteiger partial charge in [-0.2, -0.15) is 0 Å². The standard InChI is InChI=1S/C16H24N2O2/c1-16(2,7-8-19)11-18-15(20)9-12-10-17-14-6-4-3-5-13(12)14/h3-6,12,17,19H,7-11H2,1-2H3,(H,18,20). The van der Waals surface area contributed by atoms with Crippen LogP contribution in [0.3, 0.4) is 0 Å². The highest BCUT2D eigenvalue weighted by molar-refractivity contribution is 5.78. The molecule has 0 fully saturated rings. The maximum atomic E-state index is 12.1. The minimum absolute atomic E-state index is 0.0593. The summed E-state index contributed by atoms with van der Waals surface area (Å²) in [5, 5.41) is 15.3. The first-order valence-corrected chi connectivity index (χ1v) is 7.22. The monoisotopic (exact) mass is 276 g/mol. The zero-order chi connectivity index (χ0) is 14.6. The van der Waals surface area contributed by atoms with Crippen LogP contribution < -0.4 is 10.6 Å². The molecule has 1 aliphatic heterocycles. The fourth-order valence-electron chi connectivity index (χ4n) is 2.56. The lowest BCUT2D eigenvalue weighted by Crippen LogP contribution is -2.35. The summed E-state index contributed by atoms with van der Waals surface area (Å²) in [4.78, 5) is 12.1. The van der Waals surface area contributed by atoms with Crippen LogP contribution in [0.15, 0.2) is 24.3 Å². The second kappa shape index (κ2) is 6.27. The number of aliphatic hydroxyl groups is 1. The molecule has 0 aromatic heterocycles. The van der Waals surface area contributed by atoms with Crippen molar-refractivity contribution in [2.75, 3.05) is 25.0 Å². The van der Waals surface area contributed by atoms with Gasteiger partial charge in [0.05, 0.1) is 0 Å². The van der Waals surface area contributed by atoms with E-state index >= 15 is 0 Å². The number of hydrogen-bond acceptors (Lipinski definition) is 3. The quantitative estimate of drug-likeness (QED) is 0.746. The molecular formula is C16H24N2O2. The van der Waals surface area contributed by atoms with E-state index in [1.807, 2.05) is 12.1 Å². The van der Waals surface area contributed by atoms with E-state index in [0.29, 0.717) is 19.4 Å². The molecule has 20 heavy (non-hydrogen) atoms. The Labute approximate surface area is 120 Å². The van der Waals surface area contributed by atoms with Gasteiger partial charge < -0.3 is 15.7 Å². The van der Waals surface area contributed by atoms with Crippen LogP contribution in [-0.4, -0.2) is 30.7 Å². The van der Waals surface area contributed by atoms with E-state index in [1.54, 1.807) is 0 Å². The van der Waals surface area contributed by atoms with Crippen LogP contribution in [0.1, 0.15) is 38.2 Å². The summed E-state index contributed by atoms with van der Waals surface area (Å²) in [6.07, 6.45) is 1.21. The van der Waals surface area contributed by atoms with Crippen LogP contribution in [0.25, 0.3) is 0 Å². The van der Waals surface area contributed by atoms with Gasteiger partial charge in [0.15, 0.2) is 0 Å². The summed E-state index contributed by atoms with van der Waals surface area (Å²) < 4.78 is 0. The van der Waals surface area contributed by atoms with Crippen molar-refractivity contribution in [3.63, 3.8) is 0 Å². The number of benzene rings is 1. The predicted octanol–water partition coefficient (Wildman–Crippen LogP) is 2.11. The Morgan fingerprint density at radius 3 is 2.95 bits per heavy atom. The molecule has 1 atom stereocenters. The summed E-state index contributed by atoms with van der Waals surface area (Å²) in [6.45, 7) is 5.69. The summed E-state index contributed by atoms with van der Waals surface area (Å²) in [7, 11) is 0. The summed E-state index contributed by atoms with van der Waals surface area (Å²) in [6, 6.07) is 8.16. The maximum absolute atomic E-state index is 12.1. The van der Waals surface area contributed by atoms with E-state index in [9.17, 15) is 4.79 Å². The van der Waals surface area contributed by atoms with Crippen molar-refractivity contribution in [3.8, 4) is 0 Å². The fraction of sp³-hybridized carbons (Fsp3) is 0.562. The summed E-state index contributed by atoms with van der Waals surface area (Å²) >= 11 is 0. The van der Waals surface area contributed by atoms with E-state index in [4.69, 9.17) is 5.11 Å². The molecule has 1 aliphatic rings. The molecule has 4 heteroatoms. The summed E-state index contributed by atoms with van der Waals surface area (Å²) in [5.74, 6) is 0.340. The van der Waals surface area contributed by atoms with E-state index in [0.717, 1.165) is 12.2 Å². The van der Waals surface area contributed by atoms with Crippen molar-refractivity contribution in [1.82, 2.24) is 5.32 Å². The Morgan fingerprint density at radius 1 is 1.45 bits per heavy atom. The van der Waals surface area contributed by atoms with Gasteiger partial charge >= 0.3 is 0 Å². The number of rotatable bonds is 6. The van der Waals surface area contributed by atoms with Gasteiger partial charge in [0.2, 0.25) is 5.91 Å². The summed E-state index contributed by atoms with van der Waals surface area (Å²) in [5.41, 5.74) is 2.32. The second-order valence-electron chi connectivity index (χ2n) is 6.28. The molecule has 4 nitrogen and oxygen atoms in total. The molecule has 1 aromatic rings. The largest absolute Gasteiger partial charge is 0.396 e. The van der Waals surface area contributed by atoms with E-state index in [1.165, 1.54) is 5.56 Å². The van der Waals surface area contributed by atoms with E-state index < -0.39 is 0 Å². The first kappa shape index (κ1) is 14.9. The Kier molecular flexibility index (Phi) is 4.65. The number of carbonyl (C=O) groups is 1. The first-order chi connectivity index (χ1) is 9.52. The van der Waals surface area contributed by atoms with Gasteiger partial charge in [-0.15, -0.1) is 0 Å². The van der Waals surface area contributed by atoms with Crippen LogP contribution in [0.2, 0.25) is 0 Å². The molecule has 1 aromatic carbocycles. The number of amides is 1. The van der Waals surface area contributed by atoms with Crippen LogP contribution in [0.5, 0.6) is 0 Å². The van der Waals surface area contributed by atoms with Crippen LogP contribution >= 0.6 is 0 Å². The second-order valence-corrected chi connectivity index (χ2v) is 6.28. The molecule has 0 bridgehead atoms. The SMILES string of the molecule is CC(C)(CCO)CNC(=O)CC1CNc2ccccc21. The van der Waals surface area contributed by atoms with Crippen LogP contribution in [-0.2, 0) is 4.79 Å². The molecule has 1 amide bonds. The minimum atomic E-state index is -0.0593. The molecule has 0 spiro atoms. The number of aliphatic hydroxyl groups excluding tert-OH is 1. The minimum Gasteiger partial charge on any atom is -0.396 e. The zero-order valence-corrected chi connectivity index (χ0v) is 12.3. The fourth-order valence-corrected chi connectivity index (χ4v) is 2.56. The normalized spacial score (nSPS) is 17.4. The topological polar surface area (TPSA) is 61.4 Å². The number of fused-ring (bicyclic) bond motifs is 1. The van der Waals surface area contributed by atoms with Gasteiger partial charge in [-0.25, -0.2) is 0 Å². The Balaban J connectivity index is 1.84. The van der Waals surface area contributed by atoms with Crippen LogP contribution in [0.4, 0.5) is 5.69 Å². The third-order valence-electron chi connectivity index (χ3n) is 3.92. The number of para-hydroxylation sites is 1. The van der Waals surface area contributed by atoms with Gasteiger partial charge in [0.25, 0.3) is 0 Å². The third kappa shape index (κ3) is 3.73. The Morgan fingerprint density at radius 2 is 2.20 bits per heavy atom. The van der Waals surface area contributed by atoms with E-state index in [2.05, 4.69) is 36.6 Å². The van der Waals surface area contributed by atoms with Crippen molar-refractivity contribution in [2.24, 2.45) is 5.41 Å². The molecule has 0 saturated carbocycles. The first-order valence-electron chi connectivity index (χ1n) is 7.22. The molecule has 1 unspecified atom stereocenters. The van der Waals surface area contributed by atoms with Crippen molar-refractivity contribution >= 4 is 11.6 Å². The highest BCUT2D eigenvalue weighted by Gasteiger charge is 2.25. The predicted molar refractivity (Wildman–Crippen MR) is 80.8 cm³/mol. The van der Waals surface area contributed by atoms with Crippen molar-refractivity contribution in [1.29, 1.82) is 0 Å². The zero-order valence-electron chi connectivity index (χ0n) is 12.3. The van der Waals surface area contributed by atoms with Crippen molar-refractivity contribution < 1.29 is 9.90 Å². The van der Waals surface area contributed by atoms with Gasteiger partial charge in [-0.3, -0.25) is 4.79 Å². The third-order valence-corrected chi connectivity index (χ3v) is 3.92. The molecule has 0 radical (unpaired) electrons. The molecule has 2 rings (SSSR count). The van der Waals surface area contributed by atoms with Crippen molar-refractivity contribution in [2.45, 2.75) is 32.6 Å². The lowest BCUT2D eigenvalue weighted by atomic mass is 9.89. The highest BCUT2D eigenvalue weighted by atomic mass is 16.3. The van der Waals surface area contributed by atoms with Gasteiger partial charge in [-0.1, -0.05) is 32.0 Å². The lowest BCUT2D eigenvalue weighted by Gasteiger charge is -2.24. The van der Waals surface area contributed by atoms with Crippen molar-refractivity contribution in [3.05, 3.63) is 29.8 Å². The number of carbonyl (C=O) groups excluding carboxylic acids is 1. The molecule has 110 valence electrons. The molecule has 3 N–H and O–H groups in total. The maximum Gasteiger partial charge on any atom is 0.220 e. The van der Waals surface area contributed by atoms with Gasteiger partial charge in [-0.05, 0) is 23.5 Å².